The average Bonchev–Trinajstić information content (AvgIpc) is 2.40. The Morgan fingerprint density at radius 1 is 1.17 bits per heavy atom. The number of aliphatic hydroxyl groups excluding tert-OH is 2. The van der Waals surface area contributed by atoms with Gasteiger partial charge in [-0.3, -0.25) is 0 Å². The molecule has 1 aromatic rings. The summed E-state index contributed by atoms with van der Waals surface area (Å²) in [6.45, 7) is 0.287. The van der Waals surface area contributed by atoms with Crippen LogP contribution in [0, 0.1) is 0 Å². The molecule has 0 atom stereocenters. The Hall–Kier alpha value is -0.820. The van der Waals surface area contributed by atoms with E-state index in [4.69, 9.17) is 19.7 Å². The number of methoxy groups -OCH3 is 2. The third-order valence-corrected chi connectivity index (χ3v) is 3.31. The van der Waals surface area contributed by atoms with Crippen molar-refractivity contribution in [3.05, 3.63) is 22.2 Å². The first kappa shape index (κ1) is 15.2. The highest BCUT2D eigenvalue weighted by Crippen LogP contribution is 2.33. The number of benzene rings is 1. The van der Waals surface area contributed by atoms with Crippen molar-refractivity contribution in [1.82, 2.24) is 5.32 Å². The molecule has 0 aliphatic carbocycles. The molecule has 0 aliphatic rings. The first-order valence-corrected chi connectivity index (χ1v) is 6.31. The van der Waals surface area contributed by atoms with Crippen LogP contribution in [0.1, 0.15) is 5.56 Å². The lowest BCUT2D eigenvalue weighted by Gasteiger charge is -2.16. The largest absolute Gasteiger partial charge is 0.493 e. The van der Waals surface area contributed by atoms with E-state index in [-0.39, 0.29) is 19.3 Å². The summed E-state index contributed by atoms with van der Waals surface area (Å²) in [6.07, 6.45) is 0. The number of hydrogen-bond donors (Lipinski definition) is 3. The van der Waals surface area contributed by atoms with Crippen molar-refractivity contribution in [2.75, 3.05) is 27.4 Å². The van der Waals surface area contributed by atoms with Crippen molar-refractivity contribution in [2.24, 2.45) is 0 Å². The molecular weight excluding hydrogens is 302 g/mol. The second kappa shape index (κ2) is 7.58. The predicted molar refractivity (Wildman–Crippen MR) is 72.0 cm³/mol. The molecule has 1 aromatic carbocycles. The lowest BCUT2D eigenvalue weighted by atomic mass is 10.2. The number of nitrogens with one attached hydrogen (secondary N) is 1. The van der Waals surface area contributed by atoms with Gasteiger partial charge in [0.15, 0.2) is 11.5 Å². The zero-order chi connectivity index (χ0) is 13.5. The number of rotatable bonds is 7. The van der Waals surface area contributed by atoms with Crippen LogP contribution < -0.4 is 14.8 Å². The van der Waals surface area contributed by atoms with Crippen LogP contribution in [0.5, 0.6) is 11.5 Å². The fourth-order valence-corrected chi connectivity index (χ4v) is 1.94. The highest BCUT2D eigenvalue weighted by molar-refractivity contribution is 9.10. The summed E-state index contributed by atoms with van der Waals surface area (Å²) in [5.41, 5.74) is 0.958. The van der Waals surface area contributed by atoms with E-state index in [1.807, 2.05) is 12.1 Å². The quantitative estimate of drug-likeness (QED) is 0.697. The maximum absolute atomic E-state index is 8.98. The molecule has 0 saturated heterocycles. The van der Waals surface area contributed by atoms with E-state index in [2.05, 4.69) is 21.2 Å². The maximum atomic E-state index is 8.98. The highest BCUT2D eigenvalue weighted by atomic mass is 79.9. The van der Waals surface area contributed by atoms with Crippen LogP contribution in [-0.4, -0.2) is 43.7 Å². The van der Waals surface area contributed by atoms with Gasteiger partial charge in [-0.2, -0.15) is 0 Å². The van der Waals surface area contributed by atoms with Gasteiger partial charge in [0.2, 0.25) is 0 Å². The van der Waals surface area contributed by atoms with Gasteiger partial charge in [0.1, 0.15) is 0 Å². The van der Waals surface area contributed by atoms with Crippen molar-refractivity contribution in [3.8, 4) is 11.5 Å². The van der Waals surface area contributed by atoms with Gasteiger partial charge in [0.25, 0.3) is 0 Å². The van der Waals surface area contributed by atoms with Crippen molar-refractivity contribution >= 4 is 15.9 Å². The molecule has 0 spiro atoms. The Bertz CT molecular complexity index is 383. The SMILES string of the molecule is COc1cc(Br)c(CNC(CO)CO)cc1OC. The lowest BCUT2D eigenvalue weighted by molar-refractivity contribution is 0.170. The molecule has 0 amide bonds. The van der Waals surface area contributed by atoms with Crippen molar-refractivity contribution in [2.45, 2.75) is 12.6 Å². The fraction of sp³-hybridized carbons (Fsp3) is 0.500. The van der Waals surface area contributed by atoms with Crippen LogP contribution in [-0.2, 0) is 6.54 Å². The van der Waals surface area contributed by atoms with E-state index in [1.165, 1.54) is 0 Å². The third kappa shape index (κ3) is 3.84. The van der Waals surface area contributed by atoms with E-state index >= 15 is 0 Å². The first-order chi connectivity index (χ1) is 8.65. The average molecular weight is 320 g/mol. The number of ether oxygens (including phenoxy) is 2. The summed E-state index contributed by atoms with van der Waals surface area (Å²) in [6, 6.07) is 3.34. The minimum atomic E-state index is -0.329. The van der Waals surface area contributed by atoms with Gasteiger partial charge in [0.05, 0.1) is 33.5 Å². The minimum Gasteiger partial charge on any atom is -0.493 e. The van der Waals surface area contributed by atoms with Crippen LogP contribution in [0.15, 0.2) is 16.6 Å². The van der Waals surface area contributed by atoms with Crippen LogP contribution in [0.2, 0.25) is 0 Å². The lowest BCUT2D eigenvalue weighted by Crippen LogP contribution is -2.35. The molecule has 0 fully saturated rings. The summed E-state index contributed by atoms with van der Waals surface area (Å²) >= 11 is 3.44. The van der Waals surface area contributed by atoms with Crippen LogP contribution in [0.25, 0.3) is 0 Å². The van der Waals surface area contributed by atoms with Gasteiger partial charge >= 0.3 is 0 Å². The second-order valence-corrected chi connectivity index (χ2v) is 4.60. The molecule has 3 N–H and O–H groups in total. The Balaban J connectivity index is 2.82. The summed E-state index contributed by atoms with van der Waals surface area (Å²) in [7, 11) is 3.16. The molecule has 0 radical (unpaired) electrons. The summed E-state index contributed by atoms with van der Waals surface area (Å²) < 4.78 is 11.3. The number of halogens is 1. The normalized spacial score (nSPS) is 10.8. The number of aliphatic hydroxyl groups is 2. The van der Waals surface area contributed by atoms with Gasteiger partial charge in [-0.15, -0.1) is 0 Å². The monoisotopic (exact) mass is 319 g/mol. The third-order valence-electron chi connectivity index (χ3n) is 2.57. The molecule has 0 bridgehead atoms. The van der Waals surface area contributed by atoms with E-state index < -0.39 is 0 Å². The van der Waals surface area contributed by atoms with E-state index in [0.717, 1.165) is 10.0 Å². The second-order valence-electron chi connectivity index (χ2n) is 3.74. The summed E-state index contributed by atoms with van der Waals surface area (Å²) in [5.74, 6) is 1.29. The van der Waals surface area contributed by atoms with E-state index in [1.54, 1.807) is 14.2 Å². The van der Waals surface area contributed by atoms with Gasteiger partial charge < -0.3 is 25.0 Å². The van der Waals surface area contributed by atoms with Crippen LogP contribution in [0.3, 0.4) is 0 Å². The van der Waals surface area contributed by atoms with Gasteiger partial charge in [-0.05, 0) is 17.7 Å². The topological polar surface area (TPSA) is 71.0 Å². The highest BCUT2D eigenvalue weighted by Gasteiger charge is 2.11. The van der Waals surface area contributed by atoms with Crippen LogP contribution in [0.4, 0.5) is 0 Å². The smallest absolute Gasteiger partial charge is 0.161 e. The van der Waals surface area contributed by atoms with E-state index in [9.17, 15) is 0 Å². The molecule has 6 heteroatoms. The first-order valence-electron chi connectivity index (χ1n) is 5.51. The van der Waals surface area contributed by atoms with Crippen molar-refractivity contribution in [3.63, 3.8) is 0 Å². The van der Waals surface area contributed by atoms with Gasteiger partial charge in [-0.1, -0.05) is 15.9 Å². The standard InChI is InChI=1S/C12H18BrNO4/c1-17-11-3-8(5-14-9(6-15)7-16)10(13)4-12(11)18-2/h3-4,9,14-16H,5-7H2,1-2H3. The van der Waals surface area contributed by atoms with Crippen molar-refractivity contribution in [1.29, 1.82) is 0 Å². The molecule has 102 valence electrons. The number of hydrogen-bond acceptors (Lipinski definition) is 5. The van der Waals surface area contributed by atoms with Crippen molar-refractivity contribution < 1.29 is 19.7 Å². The molecule has 0 aliphatic heterocycles. The molecule has 0 heterocycles. The van der Waals surface area contributed by atoms with E-state index in [0.29, 0.717) is 18.0 Å². The maximum Gasteiger partial charge on any atom is 0.161 e. The zero-order valence-corrected chi connectivity index (χ0v) is 12.0. The minimum absolute atomic E-state index is 0.110. The molecule has 18 heavy (non-hydrogen) atoms. The van der Waals surface area contributed by atoms with Crippen LogP contribution >= 0.6 is 15.9 Å². The predicted octanol–water partition coefficient (Wildman–Crippen LogP) is 0.909. The Morgan fingerprint density at radius 2 is 1.72 bits per heavy atom. The van der Waals surface area contributed by atoms with Gasteiger partial charge in [0, 0.05) is 11.0 Å². The fourth-order valence-electron chi connectivity index (χ4n) is 1.47. The Labute approximate surface area is 115 Å². The molecule has 5 nitrogen and oxygen atoms in total. The zero-order valence-electron chi connectivity index (χ0n) is 10.4. The Kier molecular flexibility index (Phi) is 6.42. The molecule has 0 unspecified atom stereocenters. The molecule has 1 rings (SSSR count). The van der Waals surface area contributed by atoms with Gasteiger partial charge in [-0.25, -0.2) is 0 Å². The summed E-state index contributed by atoms with van der Waals surface area (Å²) in [5, 5.41) is 21.0. The molecular formula is C12H18BrNO4. The summed E-state index contributed by atoms with van der Waals surface area (Å²) in [4.78, 5) is 0. The Morgan fingerprint density at radius 3 is 2.22 bits per heavy atom. The molecule has 0 aromatic heterocycles. The molecule has 0 saturated carbocycles.